The molecule has 1 saturated carbocycles. The monoisotopic (exact) mass is 371 g/mol. The van der Waals surface area contributed by atoms with Crippen LogP contribution in [0.3, 0.4) is 0 Å². The van der Waals surface area contributed by atoms with Crippen LogP contribution in [0.1, 0.15) is 59.0 Å². The Balaban J connectivity index is 1.56. The van der Waals surface area contributed by atoms with Crippen molar-refractivity contribution >= 4 is 34.4 Å². The van der Waals surface area contributed by atoms with Crippen LogP contribution in [-0.4, -0.2) is 29.2 Å². The lowest BCUT2D eigenvalue weighted by Crippen LogP contribution is -2.07. The van der Waals surface area contributed by atoms with Crippen molar-refractivity contribution in [3.8, 4) is 0 Å². The van der Waals surface area contributed by atoms with Gasteiger partial charge in [0, 0.05) is 12.0 Å². The Labute approximate surface area is 156 Å². The van der Waals surface area contributed by atoms with E-state index in [1.54, 1.807) is 30.3 Å². The van der Waals surface area contributed by atoms with Gasteiger partial charge in [0.1, 0.15) is 5.01 Å². The minimum Gasteiger partial charge on any atom is -0.465 e. The summed E-state index contributed by atoms with van der Waals surface area (Å²) in [5.41, 5.74) is 1.28. The number of rotatable bonds is 5. The number of amides is 1. The molecule has 0 bridgehead atoms. The Kier molecular flexibility index (Phi) is 6.12. The van der Waals surface area contributed by atoms with Gasteiger partial charge in [-0.1, -0.05) is 42.7 Å². The molecule has 1 aliphatic carbocycles. The molecule has 1 aliphatic rings. The Hall–Kier alpha value is -2.54. The van der Waals surface area contributed by atoms with E-state index in [-0.39, 0.29) is 11.9 Å². The largest absolute Gasteiger partial charge is 0.465 e. The summed E-state index contributed by atoms with van der Waals surface area (Å²) in [6.07, 6.45) is 9.21. The van der Waals surface area contributed by atoms with Crippen molar-refractivity contribution in [1.29, 1.82) is 0 Å². The van der Waals surface area contributed by atoms with Gasteiger partial charge < -0.3 is 4.74 Å². The van der Waals surface area contributed by atoms with E-state index < -0.39 is 0 Å². The van der Waals surface area contributed by atoms with E-state index in [4.69, 9.17) is 0 Å². The molecule has 0 unspecified atom stereocenters. The number of hydrogen-bond donors (Lipinski definition) is 1. The molecule has 6 nitrogen and oxygen atoms in total. The number of nitrogens with one attached hydrogen (secondary N) is 1. The molecule has 1 aromatic heterocycles. The van der Waals surface area contributed by atoms with Crippen LogP contribution in [0.25, 0.3) is 6.08 Å². The number of carbonyl (C=O) groups excluding carboxylic acids is 2. The van der Waals surface area contributed by atoms with Gasteiger partial charge in [-0.3, -0.25) is 10.1 Å². The molecule has 1 heterocycles. The normalized spacial score (nSPS) is 15.1. The van der Waals surface area contributed by atoms with Crippen molar-refractivity contribution in [2.75, 3.05) is 12.4 Å². The molecule has 1 N–H and O–H groups in total. The standard InChI is InChI=1S/C19H21N3O3S/c1-25-18(24)15-10-7-13(8-11-15)9-12-16(23)20-19-22-21-17(26-19)14-5-3-2-4-6-14/h7-12,14H,2-6H2,1H3,(H,20,22,23). The topological polar surface area (TPSA) is 81.2 Å². The van der Waals surface area contributed by atoms with Gasteiger partial charge in [0.05, 0.1) is 12.7 Å². The van der Waals surface area contributed by atoms with Gasteiger partial charge >= 0.3 is 5.97 Å². The summed E-state index contributed by atoms with van der Waals surface area (Å²) >= 11 is 1.46. The van der Waals surface area contributed by atoms with Crippen LogP contribution in [0.2, 0.25) is 0 Å². The molecule has 0 radical (unpaired) electrons. The van der Waals surface area contributed by atoms with Crippen LogP contribution in [0.4, 0.5) is 5.13 Å². The predicted octanol–water partition coefficient (Wildman–Crippen LogP) is 4.02. The Morgan fingerprint density at radius 2 is 1.88 bits per heavy atom. The van der Waals surface area contributed by atoms with Crippen molar-refractivity contribution in [3.05, 3.63) is 46.5 Å². The smallest absolute Gasteiger partial charge is 0.337 e. The summed E-state index contributed by atoms with van der Waals surface area (Å²) in [6, 6.07) is 6.82. The number of ether oxygens (including phenoxy) is 1. The fourth-order valence-electron chi connectivity index (χ4n) is 2.97. The minimum absolute atomic E-state index is 0.256. The molecule has 1 fully saturated rings. The first-order valence-electron chi connectivity index (χ1n) is 8.66. The third-order valence-corrected chi connectivity index (χ3v) is 5.39. The van der Waals surface area contributed by atoms with Crippen molar-refractivity contribution < 1.29 is 14.3 Å². The first-order chi connectivity index (χ1) is 12.7. The highest BCUT2D eigenvalue weighted by molar-refractivity contribution is 7.15. The van der Waals surface area contributed by atoms with E-state index in [9.17, 15) is 9.59 Å². The molecule has 0 aliphatic heterocycles. The van der Waals surface area contributed by atoms with E-state index in [2.05, 4.69) is 20.3 Å². The first-order valence-corrected chi connectivity index (χ1v) is 9.48. The molecule has 3 rings (SSSR count). The maximum Gasteiger partial charge on any atom is 0.337 e. The summed E-state index contributed by atoms with van der Waals surface area (Å²) in [5, 5.41) is 12.6. The Morgan fingerprint density at radius 3 is 2.58 bits per heavy atom. The van der Waals surface area contributed by atoms with Crippen molar-refractivity contribution in [1.82, 2.24) is 10.2 Å². The number of aromatic nitrogens is 2. The molecule has 26 heavy (non-hydrogen) atoms. The summed E-state index contributed by atoms with van der Waals surface area (Å²) in [7, 11) is 1.34. The SMILES string of the molecule is COC(=O)c1ccc(C=CC(=O)Nc2nnc(C3CCCCC3)s2)cc1. The van der Waals surface area contributed by atoms with Crippen molar-refractivity contribution in [3.63, 3.8) is 0 Å². The fourth-order valence-corrected chi connectivity index (χ4v) is 3.88. The van der Waals surface area contributed by atoms with E-state index in [1.807, 2.05) is 0 Å². The highest BCUT2D eigenvalue weighted by Gasteiger charge is 2.19. The second-order valence-corrected chi connectivity index (χ2v) is 7.23. The molecule has 2 aromatic rings. The first kappa shape index (κ1) is 18.3. The molecule has 0 atom stereocenters. The van der Waals surface area contributed by atoms with Crippen LogP contribution >= 0.6 is 11.3 Å². The molecule has 0 spiro atoms. The van der Waals surface area contributed by atoms with Gasteiger partial charge in [0.2, 0.25) is 11.0 Å². The number of nitrogens with zero attached hydrogens (tertiary/aromatic N) is 2. The zero-order chi connectivity index (χ0) is 18.4. The summed E-state index contributed by atoms with van der Waals surface area (Å²) < 4.78 is 4.65. The number of carbonyl (C=O) groups is 2. The maximum atomic E-state index is 12.1. The van der Waals surface area contributed by atoms with Gasteiger partial charge in [0.15, 0.2) is 0 Å². The number of methoxy groups -OCH3 is 1. The quantitative estimate of drug-likeness (QED) is 0.634. The summed E-state index contributed by atoms with van der Waals surface area (Å²) in [4.78, 5) is 23.5. The van der Waals surface area contributed by atoms with E-state index in [1.165, 1.54) is 43.8 Å². The number of hydrogen-bond acceptors (Lipinski definition) is 6. The summed E-state index contributed by atoms with van der Waals surface area (Å²) in [6.45, 7) is 0. The van der Waals surface area contributed by atoms with E-state index in [0.717, 1.165) is 23.4 Å². The van der Waals surface area contributed by atoms with Gasteiger partial charge in [-0.05, 0) is 36.6 Å². The van der Waals surface area contributed by atoms with Crippen LogP contribution in [0.15, 0.2) is 30.3 Å². The molecule has 7 heteroatoms. The minimum atomic E-state index is -0.386. The van der Waals surface area contributed by atoms with Crippen LogP contribution in [0, 0.1) is 0 Å². The molecule has 136 valence electrons. The lowest BCUT2D eigenvalue weighted by Gasteiger charge is -2.18. The van der Waals surface area contributed by atoms with E-state index >= 15 is 0 Å². The predicted molar refractivity (Wildman–Crippen MR) is 101 cm³/mol. The lowest BCUT2D eigenvalue weighted by molar-refractivity contribution is -0.111. The van der Waals surface area contributed by atoms with Crippen LogP contribution in [0.5, 0.6) is 0 Å². The molecular weight excluding hydrogens is 350 g/mol. The molecule has 1 amide bonds. The molecule has 1 aromatic carbocycles. The molecule has 0 saturated heterocycles. The van der Waals surface area contributed by atoms with Gasteiger partial charge in [-0.2, -0.15) is 0 Å². The van der Waals surface area contributed by atoms with Crippen LogP contribution < -0.4 is 5.32 Å². The second-order valence-electron chi connectivity index (χ2n) is 6.22. The average Bonchev–Trinajstić information content (AvgIpc) is 3.15. The molecular formula is C19H21N3O3S. The number of benzene rings is 1. The third-order valence-electron chi connectivity index (χ3n) is 4.38. The van der Waals surface area contributed by atoms with Gasteiger partial charge in [-0.15, -0.1) is 10.2 Å². The number of esters is 1. The van der Waals surface area contributed by atoms with Crippen LogP contribution in [-0.2, 0) is 9.53 Å². The Bertz CT molecular complexity index is 793. The van der Waals surface area contributed by atoms with Crippen molar-refractivity contribution in [2.24, 2.45) is 0 Å². The lowest BCUT2D eigenvalue weighted by atomic mass is 9.90. The number of anilines is 1. The zero-order valence-corrected chi connectivity index (χ0v) is 15.4. The maximum absolute atomic E-state index is 12.1. The van der Waals surface area contributed by atoms with Crippen molar-refractivity contribution in [2.45, 2.75) is 38.0 Å². The highest BCUT2D eigenvalue weighted by atomic mass is 32.1. The van der Waals surface area contributed by atoms with E-state index in [0.29, 0.717) is 16.6 Å². The summed E-state index contributed by atoms with van der Waals surface area (Å²) in [5.74, 6) is -0.160. The van der Waals surface area contributed by atoms with Gasteiger partial charge in [0.25, 0.3) is 0 Å². The zero-order valence-electron chi connectivity index (χ0n) is 14.6. The fraction of sp³-hybridized carbons (Fsp3) is 0.368. The second kappa shape index (κ2) is 8.71. The average molecular weight is 371 g/mol. The Morgan fingerprint density at radius 1 is 1.15 bits per heavy atom. The third kappa shape index (κ3) is 4.76. The highest BCUT2D eigenvalue weighted by Crippen LogP contribution is 2.35. The van der Waals surface area contributed by atoms with Gasteiger partial charge in [-0.25, -0.2) is 4.79 Å².